The minimum absolute atomic E-state index is 0.366. The fraction of sp³-hybridized carbons (Fsp3) is 0. The molecule has 0 radical (unpaired) electrons. The molecule has 0 spiro atoms. The Morgan fingerprint density at radius 2 is 1.40 bits per heavy atom. The lowest BCUT2D eigenvalue weighted by Gasteiger charge is -2.07. The van der Waals surface area contributed by atoms with Crippen molar-refractivity contribution in [3.63, 3.8) is 0 Å². The van der Waals surface area contributed by atoms with Gasteiger partial charge in [-0.25, -0.2) is 0 Å². The molecule has 0 saturated carbocycles. The molecule has 2 rings (SSSR count). The first-order valence-electron chi connectivity index (χ1n) is 5.36. The number of hydrogen-bond acceptors (Lipinski definition) is 2. The number of rotatable bonds is 3. The third-order valence-electron chi connectivity index (χ3n) is 2.38. The first-order valence-corrected chi connectivity index (χ1v) is 7.25. The van der Waals surface area contributed by atoms with Crippen molar-refractivity contribution in [3.05, 3.63) is 61.0 Å². The highest BCUT2D eigenvalue weighted by Gasteiger charge is 2.07. The molecular formula is C13H7Cl5N2. The second-order valence-corrected chi connectivity index (χ2v) is 5.82. The second kappa shape index (κ2) is 6.88. The number of halogens is 5. The van der Waals surface area contributed by atoms with Crippen LogP contribution in [0, 0.1) is 0 Å². The molecular weight excluding hydrogens is 361 g/mol. The van der Waals surface area contributed by atoms with Crippen LogP contribution in [0.15, 0.2) is 35.4 Å². The van der Waals surface area contributed by atoms with E-state index in [4.69, 9.17) is 58.0 Å². The molecule has 0 bridgehead atoms. The van der Waals surface area contributed by atoms with Crippen LogP contribution in [-0.2, 0) is 0 Å². The number of hydrogen-bond donors (Lipinski definition) is 1. The van der Waals surface area contributed by atoms with E-state index in [2.05, 4.69) is 10.5 Å². The van der Waals surface area contributed by atoms with Gasteiger partial charge in [-0.2, -0.15) is 5.10 Å². The highest BCUT2D eigenvalue weighted by atomic mass is 35.5. The third kappa shape index (κ3) is 3.72. The summed E-state index contributed by atoms with van der Waals surface area (Å²) in [6, 6.07) is 8.32. The van der Waals surface area contributed by atoms with Crippen molar-refractivity contribution in [2.45, 2.75) is 0 Å². The van der Waals surface area contributed by atoms with E-state index in [-0.39, 0.29) is 0 Å². The highest BCUT2D eigenvalue weighted by Crippen LogP contribution is 2.33. The molecule has 20 heavy (non-hydrogen) atoms. The van der Waals surface area contributed by atoms with Crippen molar-refractivity contribution in [2.24, 2.45) is 5.10 Å². The molecule has 0 aliphatic carbocycles. The monoisotopic (exact) mass is 366 g/mol. The van der Waals surface area contributed by atoms with Crippen molar-refractivity contribution in [2.75, 3.05) is 5.43 Å². The van der Waals surface area contributed by atoms with Crippen LogP contribution in [0.1, 0.15) is 5.56 Å². The van der Waals surface area contributed by atoms with Gasteiger partial charge in [0.15, 0.2) is 0 Å². The molecule has 7 heteroatoms. The summed E-state index contributed by atoms with van der Waals surface area (Å²) in [6.07, 6.45) is 1.49. The standard InChI is InChI=1S/C13H7Cl5N2/c14-7-4-11(17)13(12(18)5-7)20-19-6-8-9(15)2-1-3-10(8)16/h1-6,20H/b19-6-. The number of benzene rings is 2. The van der Waals surface area contributed by atoms with Gasteiger partial charge in [-0.15, -0.1) is 0 Å². The molecule has 0 saturated heterocycles. The average Bonchev–Trinajstić information content (AvgIpc) is 2.35. The topological polar surface area (TPSA) is 24.4 Å². The maximum absolute atomic E-state index is 6.02. The van der Waals surface area contributed by atoms with Crippen molar-refractivity contribution in [1.82, 2.24) is 0 Å². The number of nitrogens with zero attached hydrogens (tertiary/aromatic N) is 1. The van der Waals surface area contributed by atoms with E-state index in [1.54, 1.807) is 30.3 Å². The fourth-order valence-corrected chi connectivity index (χ4v) is 2.84. The van der Waals surface area contributed by atoms with Gasteiger partial charge in [0.25, 0.3) is 0 Å². The molecule has 0 heterocycles. The Bertz CT molecular complexity index is 627. The molecule has 2 nitrogen and oxygen atoms in total. The summed E-state index contributed by atoms with van der Waals surface area (Å²) in [5.41, 5.74) is 3.80. The number of hydrazone groups is 1. The lowest BCUT2D eigenvalue weighted by molar-refractivity contribution is 1.35. The van der Waals surface area contributed by atoms with E-state index < -0.39 is 0 Å². The van der Waals surface area contributed by atoms with Crippen molar-refractivity contribution >= 4 is 69.9 Å². The van der Waals surface area contributed by atoms with Crippen LogP contribution in [0.2, 0.25) is 25.1 Å². The summed E-state index contributed by atoms with van der Waals surface area (Å²) in [4.78, 5) is 0. The van der Waals surface area contributed by atoms with Gasteiger partial charge in [-0.05, 0) is 24.3 Å². The largest absolute Gasteiger partial charge is 0.275 e. The average molecular weight is 368 g/mol. The van der Waals surface area contributed by atoms with Crippen LogP contribution in [0.4, 0.5) is 5.69 Å². The molecule has 104 valence electrons. The maximum atomic E-state index is 6.02. The highest BCUT2D eigenvalue weighted by molar-refractivity contribution is 6.42. The summed E-state index contributed by atoms with van der Waals surface area (Å²) < 4.78 is 0. The van der Waals surface area contributed by atoms with Crippen LogP contribution in [-0.4, -0.2) is 6.21 Å². The number of anilines is 1. The van der Waals surface area contributed by atoms with Gasteiger partial charge in [0.2, 0.25) is 0 Å². The zero-order valence-electron chi connectivity index (χ0n) is 9.80. The molecule has 1 N–H and O–H groups in total. The predicted molar refractivity (Wildman–Crippen MR) is 89.2 cm³/mol. The van der Waals surface area contributed by atoms with Gasteiger partial charge in [0.05, 0.1) is 32.0 Å². The SMILES string of the molecule is Clc1cc(Cl)c(N/N=C\c2c(Cl)cccc2Cl)c(Cl)c1. The van der Waals surface area contributed by atoms with E-state index in [0.29, 0.717) is 36.4 Å². The fourth-order valence-electron chi connectivity index (χ4n) is 1.44. The second-order valence-electron chi connectivity index (χ2n) is 3.75. The van der Waals surface area contributed by atoms with Crippen LogP contribution in [0.3, 0.4) is 0 Å². The molecule has 0 amide bonds. The van der Waals surface area contributed by atoms with Crippen molar-refractivity contribution in [1.29, 1.82) is 0 Å². The normalized spacial score (nSPS) is 11.1. The summed E-state index contributed by atoms with van der Waals surface area (Å²) in [5, 5.41) is 6.20. The Morgan fingerprint density at radius 3 is 1.95 bits per heavy atom. The molecule has 0 aromatic heterocycles. The molecule has 0 atom stereocenters. The zero-order chi connectivity index (χ0) is 14.7. The van der Waals surface area contributed by atoms with E-state index in [9.17, 15) is 0 Å². The van der Waals surface area contributed by atoms with Gasteiger partial charge in [-0.1, -0.05) is 64.1 Å². The zero-order valence-corrected chi connectivity index (χ0v) is 13.6. The van der Waals surface area contributed by atoms with Crippen LogP contribution in [0.25, 0.3) is 0 Å². The van der Waals surface area contributed by atoms with Crippen LogP contribution >= 0.6 is 58.0 Å². The summed E-state index contributed by atoms with van der Waals surface area (Å²) in [6.45, 7) is 0. The van der Waals surface area contributed by atoms with Crippen LogP contribution < -0.4 is 5.43 Å². The Labute approximate surface area is 141 Å². The minimum Gasteiger partial charge on any atom is -0.275 e. The van der Waals surface area contributed by atoms with E-state index in [1.165, 1.54) is 6.21 Å². The van der Waals surface area contributed by atoms with Gasteiger partial charge in [-0.3, -0.25) is 5.43 Å². The smallest absolute Gasteiger partial charge is 0.0935 e. The van der Waals surface area contributed by atoms with Crippen molar-refractivity contribution < 1.29 is 0 Å². The Morgan fingerprint density at radius 1 is 0.850 bits per heavy atom. The van der Waals surface area contributed by atoms with E-state index >= 15 is 0 Å². The Kier molecular flexibility index (Phi) is 5.42. The van der Waals surface area contributed by atoms with Gasteiger partial charge >= 0.3 is 0 Å². The summed E-state index contributed by atoms with van der Waals surface area (Å²) in [5.74, 6) is 0. The Hall–Kier alpha value is -0.640. The predicted octanol–water partition coefficient (Wildman–Crippen LogP) is 6.40. The number of nitrogens with one attached hydrogen (secondary N) is 1. The third-order valence-corrected chi connectivity index (χ3v) is 3.85. The molecule has 0 aliphatic rings. The molecule has 0 unspecified atom stereocenters. The summed E-state index contributed by atoms with van der Waals surface area (Å²) >= 11 is 29.9. The molecule has 2 aromatic rings. The summed E-state index contributed by atoms with van der Waals surface area (Å²) in [7, 11) is 0. The van der Waals surface area contributed by atoms with Crippen molar-refractivity contribution in [3.8, 4) is 0 Å². The first-order chi connectivity index (χ1) is 9.49. The van der Waals surface area contributed by atoms with E-state index in [0.717, 1.165) is 0 Å². The lowest BCUT2D eigenvalue weighted by atomic mass is 10.2. The molecule has 2 aromatic carbocycles. The molecule has 0 fully saturated rings. The van der Waals surface area contributed by atoms with Gasteiger partial charge < -0.3 is 0 Å². The maximum Gasteiger partial charge on any atom is 0.0935 e. The Balaban J connectivity index is 2.23. The lowest BCUT2D eigenvalue weighted by Crippen LogP contribution is -1.94. The van der Waals surface area contributed by atoms with Gasteiger partial charge in [0.1, 0.15) is 0 Å². The van der Waals surface area contributed by atoms with Gasteiger partial charge in [0, 0.05) is 10.6 Å². The van der Waals surface area contributed by atoms with Crippen LogP contribution in [0.5, 0.6) is 0 Å². The quantitative estimate of drug-likeness (QED) is 0.492. The first kappa shape index (κ1) is 15.7. The molecule has 0 aliphatic heterocycles. The van der Waals surface area contributed by atoms with E-state index in [1.807, 2.05) is 0 Å². The minimum atomic E-state index is 0.366.